The molecule has 1 heterocycles. The van der Waals surface area contributed by atoms with E-state index in [1.807, 2.05) is 48.5 Å². The summed E-state index contributed by atoms with van der Waals surface area (Å²) in [5, 5.41) is 14.7. The van der Waals surface area contributed by atoms with Gasteiger partial charge in [0.1, 0.15) is 11.5 Å². The van der Waals surface area contributed by atoms with E-state index < -0.39 is 5.97 Å². The number of hydrogen-bond donors (Lipinski definition) is 2. The zero-order valence-electron chi connectivity index (χ0n) is 19.8. The number of amides is 1. The van der Waals surface area contributed by atoms with Crippen molar-refractivity contribution in [3.63, 3.8) is 0 Å². The van der Waals surface area contributed by atoms with E-state index in [1.165, 1.54) is 19.3 Å². The zero-order valence-corrected chi connectivity index (χ0v) is 19.8. The van der Waals surface area contributed by atoms with E-state index in [0.717, 1.165) is 52.5 Å². The fourth-order valence-corrected chi connectivity index (χ4v) is 5.24. The summed E-state index contributed by atoms with van der Waals surface area (Å²) in [7, 11) is 0. The summed E-state index contributed by atoms with van der Waals surface area (Å²) in [5.74, 6) is 0.308. The molecule has 6 heteroatoms. The molecule has 0 spiro atoms. The van der Waals surface area contributed by atoms with Crippen molar-refractivity contribution in [1.82, 2.24) is 5.32 Å². The van der Waals surface area contributed by atoms with Crippen LogP contribution in [0.3, 0.4) is 0 Å². The van der Waals surface area contributed by atoms with Crippen molar-refractivity contribution in [2.45, 2.75) is 56.9 Å². The third-order valence-corrected chi connectivity index (χ3v) is 7.07. The van der Waals surface area contributed by atoms with Crippen LogP contribution in [0.1, 0.15) is 61.1 Å². The van der Waals surface area contributed by atoms with Gasteiger partial charge in [-0.15, -0.1) is 0 Å². The number of aliphatic carboxylic acids is 1. The van der Waals surface area contributed by atoms with Gasteiger partial charge in [0.05, 0.1) is 13.0 Å². The Morgan fingerprint density at radius 1 is 0.971 bits per heavy atom. The van der Waals surface area contributed by atoms with Gasteiger partial charge in [0.25, 0.3) is 5.91 Å². The Labute approximate surface area is 205 Å². The van der Waals surface area contributed by atoms with Crippen LogP contribution in [0.25, 0.3) is 10.8 Å². The van der Waals surface area contributed by atoms with Crippen molar-refractivity contribution < 1.29 is 24.2 Å². The topological polar surface area (TPSA) is 84.9 Å². The molecule has 1 atom stereocenters. The fraction of sp³-hybridized carbons (Fsp3) is 0.379. The van der Waals surface area contributed by atoms with Crippen LogP contribution in [-0.4, -0.2) is 36.2 Å². The summed E-state index contributed by atoms with van der Waals surface area (Å²) >= 11 is 0. The van der Waals surface area contributed by atoms with E-state index >= 15 is 0 Å². The molecule has 3 aromatic rings. The van der Waals surface area contributed by atoms with E-state index in [4.69, 9.17) is 9.47 Å². The van der Waals surface area contributed by atoms with Gasteiger partial charge in [-0.1, -0.05) is 55.7 Å². The summed E-state index contributed by atoms with van der Waals surface area (Å²) in [5.41, 5.74) is 3.04. The Balaban J connectivity index is 1.34. The van der Waals surface area contributed by atoms with E-state index in [9.17, 15) is 14.7 Å². The molecule has 3 aromatic carbocycles. The smallest absolute Gasteiger partial charge is 0.304 e. The third kappa shape index (κ3) is 5.59. The molecule has 5 rings (SSSR count). The molecule has 6 nitrogen and oxygen atoms in total. The molecule has 0 saturated heterocycles. The molecule has 1 aliphatic carbocycles. The molecule has 2 N–H and O–H groups in total. The van der Waals surface area contributed by atoms with Crippen molar-refractivity contribution in [2.24, 2.45) is 0 Å². The minimum atomic E-state index is -0.840. The minimum Gasteiger partial charge on any atom is -0.493 e. The zero-order chi connectivity index (χ0) is 24.2. The third-order valence-electron chi connectivity index (χ3n) is 7.07. The molecule has 0 radical (unpaired) electrons. The van der Waals surface area contributed by atoms with Crippen LogP contribution >= 0.6 is 0 Å². The number of ether oxygens (including phenoxy) is 2. The van der Waals surface area contributed by atoms with Gasteiger partial charge >= 0.3 is 5.97 Å². The number of carboxylic acids is 1. The number of rotatable bonds is 8. The Kier molecular flexibility index (Phi) is 6.89. The average Bonchev–Trinajstić information content (AvgIpc) is 3.34. The van der Waals surface area contributed by atoms with Crippen molar-refractivity contribution in [1.29, 1.82) is 0 Å². The Hall–Kier alpha value is -3.54. The number of hydrogen-bond acceptors (Lipinski definition) is 4. The molecular weight excluding hydrogens is 442 g/mol. The summed E-state index contributed by atoms with van der Waals surface area (Å²) in [6.07, 6.45) is 6.51. The van der Waals surface area contributed by atoms with Crippen LogP contribution in [-0.2, 0) is 16.0 Å². The van der Waals surface area contributed by atoms with Gasteiger partial charge in [-0.25, -0.2) is 0 Å². The van der Waals surface area contributed by atoms with Crippen LogP contribution in [0, 0.1) is 0 Å². The summed E-state index contributed by atoms with van der Waals surface area (Å²) < 4.78 is 11.4. The molecule has 1 unspecified atom stereocenters. The van der Waals surface area contributed by atoms with Gasteiger partial charge in [0, 0.05) is 18.4 Å². The minimum absolute atomic E-state index is 0.00266. The number of carboxylic acid groups (broad SMARTS) is 1. The largest absolute Gasteiger partial charge is 0.493 e. The van der Waals surface area contributed by atoms with Gasteiger partial charge in [0.2, 0.25) is 0 Å². The first kappa shape index (κ1) is 23.2. The van der Waals surface area contributed by atoms with E-state index in [2.05, 4.69) is 11.4 Å². The van der Waals surface area contributed by atoms with E-state index in [-0.39, 0.29) is 30.9 Å². The predicted molar refractivity (Wildman–Crippen MR) is 134 cm³/mol. The molecule has 1 aliphatic heterocycles. The van der Waals surface area contributed by atoms with Crippen LogP contribution in [0.5, 0.6) is 11.5 Å². The van der Waals surface area contributed by atoms with Gasteiger partial charge in [-0.2, -0.15) is 0 Å². The Morgan fingerprint density at radius 2 is 1.74 bits per heavy atom. The number of carbonyl (C=O) groups is 2. The standard InChI is InChI=1S/C29H31NO5/c31-28(30-24-4-2-1-3-5-24)18-35-25-10-8-19-6-7-20(15-23(19)16-25)26(17-29(32)33)21-9-11-27-22(14-21)12-13-34-27/h6-11,14-16,24,26H,1-5,12-13,17-18H2,(H,30,31)(H,32,33). The van der Waals surface area contributed by atoms with Crippen molar-refractivity contribution in [2.75, 3.05) is 13.2 Å². The van der Waals surface area contributed by atoms with Crippen molar-refractivity contribution in [3.05, 3.63) is 71.3 Å². The fourth-order valence-electron chi connectivity index (χ4n) is 5.24. The van der Waals surface area contributed by atoms with Gasteiger partial charge in [-0.05, 0) is 58.5 Å². The molecule has 1 saturated carbocycles. The monoisotopic (exact) mass is 473 g/mol. The van der Waals surface area contributed by atoms with Gasteiger partial charge < -0.3 is 19.9 Å². The molecule has 1 amide bonds. The molecule has 0 bridgehead atoms. The molecule has 1 fully saturated rings. The Morgan fingerprint density at radius 3 is 2.57 bits per heavy atom. The highest BCUT2D eigenvalue weighted by Crippen LogP contribution is 2.35. The summed E-state index contributed by atoms with van der Waals surface area (Å²) in [6.45, 7) is 0.653. The van der Waals surface area contributed by atoms with Crippen molar-refractivity contribution >= 4 is 22.6 Å². The normalized spacial score (nSPS) is 16.3. The second kappa shape index (κ2) is 10.4. The molecular formula is C29H31NO5. The highest BCUT2D eigenvalue weighted by atomic mass is 16.5. The maximum absolute atomic E-state index is 12.3. The maximum Gasteiger partial charge on any atom is 0.304 e. The highest BCUT2D eigenvalue weighted by molar-refractivity contribution is 5.85. The molecule has 35 heavy (non-hydrogen) atoms. The number of benzene rings is 3. The summed E-state index contributed by atoms with van der Waals surface area (Å²) in [4.78, 5) is 24.0. The number of fused-ring (bicyclic) bond motifs is 2. The highest BCUT2D eigenvalue weighted by Gasteiger charge is 2.22. The number of nitrogens with one attached hydrogen (secondary N) is 1. The lowest BCUT2D eigenvalue weighted by Gasteiger charge is -2.22. The SMILES string of the molecule is O=C(O)CC(c1ccc2c(c1)CCO2)c1ccc2ccc(OCC(=O)NC3CCCCC3)cc2c1. The van der Waals surface area contributed by atoms with Crippen LogP contribution < -0.4 is 14.8 Å². The molecule has 2 aliphatic rings. The van der Waals surface area contributed by atoms with Crippen LogP contribution in [0.4, 0.5) is 0 Å². The second-order valence-electron chi connectivity index (χ2n) is 9.58. The first-order valence-electron chi connectivity index (χ1n) is 12.5. The quantitative estimate of drug-likeness (QED) is 0.469. The second-order valence-corrected chi connectivity index (χ2v) is 9.58. The van der Waals surface area contributed by atoms with E-state index in [0.29, 0.717) is 12.4 Å². The maximum atomic E-state index is 12.3. The van der Waals surface area contributed by atoms with Crippen molar-refractivity contribution in [3.8, 4) is 11.5 Å². The average molecular weight is 474 g/mol. The first-order chi connectivity index (χ1) is 17.0. The van der Waals surface area contributed by atoms with Gasteiger partial charge in [0.15, 0.2) is 6.61 Å². The lowest BCUT2D eigenvalue weighted by Crippen LogP contribution is -2.38. The lowest BCUT2D eigenvalue weighted by molar-refractivity contribution is -0.137. The van der Waals surface area contributed by atoms with E-state index in [1.54, 1.807) is 0 Å². The first-order valence-corrected chi connectivity index (χ1v) is 12.5. The van der Waals surface area contributed by atoms with Crippen LogP contribution in [0.15, 0.2) is 54.6 Å². The Bertz CT molecular complexity index is 1230. The molecule has 0 aromatic heterocycles. The van der Waals surface area contributed by atoms with Gasteiger partial charge in [-0.3, -0.25) is 9.59 Å². The number of carbonyl (C=O) groups excluding carboxylic acids is 1. The molecule has 182 valence electrons. The summed E-state index contributed by atoms with van der Waals surface area (Å²) in [6, 6.07) is 18.0. The van der Waals surface area contributed by atoms with Crippen LogP contribution in [0.2, 0.25) is 0 Å². The predicted octanol–water partition coefficient (Wildman–Crippen LogP) is 5.21. The lowest BCUT2D eigenvalue weighted by atomic mass is 9.86.